The number of pyridine rings is 1. The number of sulfonamides is 1. The van der Waals surface area contributed by atoms with Crippen molar-refractivity contribution in [3.05, 3.63) is 40.5 Å². The van der Waals surface area contributed by atoms with E-state index >= 15 is 0 Å². The molecule has 1 saturated heterocycles. The van der Waals surface area contributed by atoms with Crippen molar-refractivity contribution in [3.63, 3.8) is 0 Å². The predicted molar refractivity (Wildman–Crippen MR) is 102 cm³/mol. The molecule has 0 atom stereocenters. The summed E-state index contributed by atoms with van der Waals surface area (Å²) in [6.45, 7) is 2.33. The van der Waals surface area contributed by atoms with Crippen molar-refractivity contribution in [1.82, 2.24) is 4.98 Å². The number of carbonyl (C=O) groups excluding carboxylic acids is 1. The quantitative estimate of drug-likeness (QED) is 0.772. The predicted octanol–water partition coefficient (Wildman–Crippen LogP) is 3.09. The van der Waals surface area contributed by atoms with Crippen molar-refractivity contribution in [1.29, 1.82) is 0 Å². The zero-order valence-electron chi connectivity index (χ0n) is 14.3. The van der Waals surface area contributed by atoms with Gasteiger partial charge in [0.05, 0.1) is 7.11 Å². The lowest BCUT2D eigenvalue weighted by molar-refractivity contribution is -0.117. The Balaban J connectivity index is 2.01. The Kier molecular flexibility index (Phi) is 5.19. The molecule has 9 heteroatoms. The lowest BCUT2D eigenvalue weighted by Gasteiger charge is -2.19. The average Bonchev–Trinajstić information content (AvgIpc) is 3.03. The van der Waals surface area contributed by atoms with E-state index in [2.05, 4.69) is 25.6 Å². The van der Waals surface area contributed by atoms with Gasteiger partial charge in [-0.15, -0.1) is 0 Å². The third-order valence-corrected chi connectivity index (χ3v) is 5.89. The number of nitrogens with one attached hydrogen (secondary N) is 1. The molecule has 138 valence electrons. The van der Waals surface area contributed by atoms with Crippen molar-refractivity contribution in [2.24, 2.45) is 0 Å². The fourth-order valence-corrected chi connectivity index (χ4v) is 4.51. The highest BCUT2D eigenvalue weighted by atomic mass is 79.9. The van der Waals surface area contributed by atoms with Gasteiger partial charge in [0.1, 0.15) is 16.5 Å². The lowest BCUT2D eigenvalue weighted by Crippen LogP contribution is -2.24. The van der Waals surface area contributed by atoms with E-state index in [4.69, 9.17) is 4.74 Å². The number of aromatic nitrogens is 1. The smallest absolute Gasteiger partial charge is 0.266 e. The van der Waals surface area contributed by atoms with Gasteiger partial charge in [0, 0.05) is 29.3 Å². The summed E-state index contributed by atoms with van der Waals surface area (Å²) in [6.07, 6.45) is 2.74. The standard InChI is InChI=1S/C17H18BrN3O4S/c1-11-8-12(18)10-19-17(11)20-26(23,24)15-9-13(5-6-14(15)25-2)21-7-3-4-16(21)22/h5-6,8-10H,3-4,7H2,1-2H3,(H,19,20). The monoisotopic (exact) mass is 439 g/mol. The van der Waals surface area contributed by atoms with Crippen LogP contribution in [-0.2, 0) is 14.8 Å². The van der Waals surface area contributed by atoms with Gasteiger partial charge < -0.3 is 9.64 Å². The van der Waals surface area contributed by atoms with Crippen molar-refractivity contribution in [2.45, 2.75) is 24.7 Å². The first-order valence-corrected chi connectivity index (χ1v) is 10.2. The molecule has 0 unspecified atom stereocenters. The molecule has 26 heavy (non-hydrogen) atoms. The van der Waals surface area contributed by atoms with E-state index in [1.165, 1.54) is 19.4 Å². The Morgan fingerprint density at radius 2 is 2.08 bits per heavy atom. The summed E-state index contributed by atoms with van der Waals surface area (Å²) in [4.78, 5) is 17.6. The Morgan fingerprint density at radius 3 is 2.69 bits per heavy atom. The summed E-state index contributed by atoms with van der Waals surface area (Å²) in [7, 11) is -2.55. The molecule has 0 spiro atoms. The fraction of sp³-hybridized carbons (Fsp3) is 0.294. The second-order valence-electron chi connectivity index (χ2n) is 5.91. The molecule has 1 aliphatic heterocycles. The van der Waals surface area contributed by atoms with Crippen LogP contribution in [0.4, 0.5) is 11.5 Å². The number of nitrogens with zero attached hydrogens (tertiary/aromatic N) is 2. The number of halogens is 1. The minimum absolute atomic E-state index is 0.0168. The second kappa shape index (κ2) is 7.24. The normalized spacial score (nSPS) is 14.6. The number of methoxy groups -OCH3 is 1. The Labute approximate surface area is 160 Å². The maximum atomic E-state index is 12.9. The van der Waals surface area contributed by atoms with Gasteiger partial charge >= 0.3 is 0 Å². The number of aryl methyl sites for hydroxylation is 1. The van der Waals surface area contributed by atoms with Gasteiger partial charge in [0.15, 0.2) is 0 Å². The van der Waals surface area contributed by atoms with E-state index in [-0.39, 0.29) is 22.4 Å². The number of amides is 1. The number of rotatable bonds is 5. The number of anilines is 2. The van der Waals surface area contributed by atoms with E-state index in [1.807, 2.05) is 0 Å². The van der Waals surface area contributed by atoms with E-state index in [0.717, 1.165) is 10.9 Å². The molecule has 1 aliphatic rings. The third-order valence-electron chi connectivity index (χ3n) is 4.10. The zero-order valence-corrected chi connectivity index (χ0v) is 16.7. The first-order chi connectivity index (χ1) is 12.3. The highest BCUT2D eigenvalue weighted by molar-refractivity contribution is 9.10. The Hall–Kier alpha value is -2.13. The van der Waals surface area contributed by atoms with Gasteiger partial charge in [-0.3, -0.25) is 9.52 Å². The molecular weight excluding hydrogens is 422 g/mol. The zero-order chi connectivity index (χ0) is 18.9. The highest BCUT2D eigenvalue weighted by Gasteiger charge is 2.26. The van der Waals surface area contributed by atoms with Crippen LogP contribution in [0.1, 0.15) is 18.4 Å². The van der Waals surface area contributed by atoms with E-state index in [9.17, 15) is 13.2 Å². The maximum absolute atomic E-state index is 12.9. The van der Waals surface area contributed by atoms with Crippen LogP contribution in [-0.4, -0.2) is 33.0 Å². The minimum Gasteiger partial charge on any atom is -0.495 e. The van der Waals surface area contributed by atoms with Crippen molar-refractivity contribution < 1.29 is 17.9 Å². The molecule has 1 aromatic carbocycles. The third kappa shape index (κ3) is 3.68. The van der Waals surface area contributed by atoms with Crippen LogP contribution in [0.15, 0.2) is 39.8 Å². The number of hydrogen-bond donors (Lipinski definition) is 1. The van der Waals surface area contributed by atoms with Crippen molar-refractivity contribution in [3.8, 4) is 5.75 Å². The SMILES string of the molecule is COc1ccc(N2CCCC2=O)cc1S(=O)(=O)Nc1ncc(Br)cc1C. The average molecular weight is 440 g/mol. The van der Waals surface area contributed by atoms with E-state index < -0.39 is 10.0 Å². The highest BCUT2D eigenvalue weighted by Crippen LogP contribution is 2.32. The lowest BCUT2D eigenvalue weighted by atomic mass is 10.3. The summed E-state index contributed by atoms with van der Waals surface area (Å²) in [5.41, 5.74) is 1.21. The van der Waals surface area contributed by atoms with E-state index in [1.54, 1.807) is 30.0 Å². The molecule has 0 radical (unpaired) electrons. The van der Waals surface area contributed by atoms with Gasteiger partial charge in [0.2, 0.25) is 5.91 Å². The largest absolute Gasteiger partial charge is 0.495 e. The molecule has 1 aromatic heterocycles. The van der Waals surface area contributed by atoms with Gasteiger partial charge in [-0.1, -0.05) is 0 Å². The van der Waals surface area contributed by atoms with Crippen LogP contribution < -0.4 is 14.4 Å². The summed E-state index contributed by atoms with van der Waals surface area (Å²) < 4.78 is 34.3. The topological polar surface area (TPSA) is 88.6 Å². The van der Waals surface area contributed by atoms with Crippen LogP contribution in [0.5, 0.6) is 5.75 Å². The first-order valence-electron chi connectivity index (χ1n) is 7.95. The van der Waals surface area contributed by atoms with Crippen LogP contribution in [0.3, 0.4) is 0 Å². The number of carbonyl (C=O) groups is 1. The molecule has 2 heterocycles. The minimum atomic E-state index is -3.95. The molecule has 1 fully saturated rings. The van der Waals surface area contributed by atoms with Gasteiger partial charge in [0.25, 0.3) is 10.0 Å². The number of hydrogen-bond acceptors (Lipinski definition) is 5. The summed E-state index contributed by atoms with van der Waals surface area (Å²) in [6, 6.07) is 6.46. The molecule has 1 amide bonds. The van der Waals surface area contributed by atoms with Crippen LogP contribution in [0.2, 0.25) is 0 Å². The Morgan fingerprint density at radius 1 is 1.31 bits per heavy atom. The molecule has 0 bridgehead atoms. The molecule has 0 aliphatic carbocycles. The first kappa shape index (κ1) is 18.7. The molecule has 3 rings (SSSR count). The van der Waals surface area contributed by atoms with Crippen LogP contribution >= 0.6 is 15.9 Å². The number of ether oxygens (including phenoxy) is 1. The molecule has 1 N–H and O–H groups in total. The number of benzene rings is 1. The van der Waals surface area contributed by atoms with Gasteiger partial charge in [-0.2, -0.15) is 0 Å². The second-order valence-corrected chi connectivity index (χ2v) is 8.48. The molecule has 2 aromatic rings. The van der Waals surface area contributed by atoms with Crippen molar-refractivity contribution in [2.75, 3.05) is 23.3 Å². The van der Waals surface area contributed by atoms with Crippen molar-refractivity contribution >= 4 is 43.4 Å². The van der Waals surface area contributed by atoms with Gasteiger partial charge in [-0.05, 0) is 59.1 Å². The summed E-state index contributed by atoms with van der Waals surface area (Å²) in [5.74, 6) is 0.414. The van der Waals surface area contributed by atoms with Crippen LogP contribution in [0.25, 0.3) is 0 Å². The van der Waals surface area contributed by atoms with E-state index in [0.29, 0.717) is 24.2 Å². The summed E-state index contributed by atoms with van der Waals surface area (Å²) in [5, 5.41) is 0. The summed E-state index contributed by atoms with van der Waals surface area (Å²) >= 11 is 3.30. The molecule has 0 saturated carbocycles. The van der Waals surface area contributed by atoms with Gasteiger partial charge in [-0.25, -0.2) is 13.4 Å². The maximum Gasteiger partial charge on any atom is 0.266 e. The molecular formula is C17H18BrN3O4S. The fourth-order valence-electron chi connectivity index (χ4n) is 2.79. The van der Waals surface area contributed by atoms with Crippen LogP contribution in [0, 0.1) is 6.92 Å². The molecule has 7 nitrogen and oxygen atoms in total. The Bertz CT molecular complexity index is 962.